The second-order valence-corrected chi connectivity index (χ2v) is 8.00. The van der Waals surface area contributed by atoms with Crippen LogP contribution in [0.15, 0.2) is 30.3 Å². The van der Waals surface area contributed by atoms with Gasteiger partial charge in [0.15, 0.2) is 0 Å². The van der Waals surface area contributed by atoms with E-state index in [1.54, 1.807) is 0 Å². The molecular weight excluding hydrogens is 379 g/mol. The summed E-state index contributed by atoms with van der Waals surface area (Å²) in [7, 11) is 3.96. The number of carbonyl (C=O) groups is 1. The molecular formula is C21H26ClFN4O. The number of hydrogen-bond acceptors (Lipinski definition) is 4. The Morgan fingerprint density at radius 1 is 1.18 bits per heavy atom. The van der Waals surface area contributed by atoms with E-state index in [0.29, 0.717) is 5.56 Å². The third kappa shape index (κ3) is 4.73. The third-order valence-electron chi connectivity index (χ3n) is 5.06. The second-order valence-electron chi connectivity index (χ2n) is 7.60. The molecule has 1 heterocycles. The molecule has 150 valence electrons. The average Bonchev–Trinajstić information content (AvgIpc) is 2.64. The Balaban J connectivity index is 1.86. The summed E-state index contributed by atoms with van der Waals surface area (Å²) in [5.41, 5.74) is 1.68. The number of aromatic nitrogens is 1. The molecule has 1 aliphatic carbocycles. The number of aryl methyl sites for hydroxylation is 1. The minimum Gasteiger partial charge on any atom is -0.377 e. The number of nitrogens with zero attached hydrogens (tertiary/aromatic N) is 2. The zero-order chi connectivity index (χ0) is 20.3. The van der Waals surface area contributed by atoms with Crippen LogP contribution < -0.4 is 15.5 Å². The maximum Gasteiger partial charge on any atom is 0.253 e. The van der Waals surface area contributed by atoms with E-state index in [-0.39, 0.29) is 10.9 Å². The molecule has 1 aromatic carbocycles. The lowest BCUT2D eigenvalue weighted by atomic mass is 9.88. The van der Waals surface area contributed by atoms with Crippen LogP contribution in [0, 0.1) is 12.7 Å². The van der Waals surface area contributed by atoms with E-state index in [1.165, 1.54) is 18.2 Å². The van der Waals surface area contributed by atoms with Crippen LogP contribution >= 0.6 is 11.6 Å². The average molecular weight is 405 g/mol. The van der Waals surface area contributed by atoms with Crippen molar-refractivity contribution in [2.24, 2.45) is 0 Å². The van der Waals surface area contributed by atoms with Crippen molar-refractivity contribution in [3.63, 3.8) is 0 Å². The van der Waals surface area contributed by atoms with E-state index in [0.717, 1.165) is 49.3 Å². The molecule has 1 aliphatic rings. The van der Waals surface area contributed by atoms with Crippen molar-refractivity contribution in [2.75, 3.05) is 24.3 Å². The monoisotopic (exact) mass is 404 g/mol. The number of rotatable bonds is 5. The first-order valence-corrected chi connectivity index (χ1v) is 9.88. The van der Waals surface area contributed by atoms with Gasteiger partial charge >= 0.3 is 0 Å². The summed E-state index contributed by atoms with van der Waals surface area (Å²) in [5.74, 6) is -0.0938. The fraction of sp³-hybridized carbons (Fsp3) is 0.429. The van der Waals surface area contributed by atoms with Crippen LogP contribution in [0.1, 0.15) is 48.2 Å². The topological polar surface area (TPSA) is 57.3 Å². The number of amides is 1. The minimum absolute atomic E-state index is 0.0609. The summed E-state index contributed by atoms with van der Waals surface area (Å²) >= 11 is 5.84. The van der Waals surface area contributed by atoms with Gasteiger partial charge in [-0.1, -0.05) is 18.0 Å². The molecule has 3 rings (SSSR count). The molecule has 0 aliphatic heterocycles. The number of benzene rings is 1. The van der Waals surface area contributed by atoms with Gasteiger partial charge in [-0.25, -0.2) is 9.37 Å². The van der Waals surface area contributed by atoms with Crippen LogP contribution in [0.3, 0.4) is 0 Å². The van der Waals surface area contributed by atoms with Gasteiger partial charge in [0.25, 0.3) is 5.91 Å². The molecule has 1 fully saturated rings. The summed E-state index contributed by atoms with van der Waals surface area (Å²) in [6, 6.07) is 8.01. The summed E-state index contributed by atoms with van der Waals surface area (Å²) < 4.78 is 13.4. The maximum absolute atomic E-state index is 13.4. The van der Waals surface area contributed by atoms with Gasteiger partial charge in [-0.3, -0.25) is 4.79 Å². The van der Waals surface area contributed by atoms with Crippen molar-refractivity contribution in [1.29, 1.82) is 0 Å². The Kier molecular flexibility index (Phi) is 6.08. The highest BCUT2D eigenvalue weighted by Gasteiger charge is 2.34. The number of carbonyl (C=O) groups excluding carboxylic acids is 1. The zero-order valence-corrected chi connectivity index (χ0v) is 17.2. The van der Waals surface area contributed by atoms with E-state index >= 15 is 0 Å². The molecule has 2 N–H and O–H groups in total. The van der Waals surface area contributed by atoms with Gasteiger partial charge in [0.1, 0.15) is 17.3 Å². The SMILES string of the molecule is Cc1cc(N(C)C)cc(NC2(NC(=O)c3ccc(F)c(Cl)c3)CCCCC2)n1. The van der Waals surface area contributed by atoms with Crippen LogP contribution in [0.4, 0.5) is 15.9 Å². The predicted molar refractivity (Wildman–Crippen MR) is 112 cm³/mol. The summed E-state index contributed by atoms with van der Waals surface area (Å²) in [5, 5.41) is 6.55. The molecule has 0 atom stereocenters. The van der Waals surface area contributed by atoms with Crippen molar-refractivity contribution in [1.82, 2.24) is 10.3 Å². The summed E-state index contributed by atoms with van der Waals surface area (Å²) in [6.07, 6.45) is 4.72. The van der Waals surface area contributed by atoms with Gasteiger partial charge in [-0.2, -0.15) is 0 Å². The Morgan fingerprint density at radius 2 is 1.89 bits per heavy atom. The third-order valence-corrected chi connectivity index (χ3v) is 5.35. The summed E-state index contributed by atoms with van der Waals surface area (Å²) in [4.78, 5) is 19.5. The number of halogens is 2. The molecule has 0 unspecified atom stereocenters. The molecule has 28 heavy (non-hydrogen) atoms. The van der Waals surface area contributed by atoms with Crippen molar-refractivity contribution < 1.29 is 9.18 Å². The van der Waals surface area contributed by atoms with Crippen LogP contribution in [-0.4, -0.2) is 30.6 Å². The Hall–Kier alpha value is -2.34. The molecule has 1 saturated carbocycles. The van der Waals surface area contributed by atoms with Crippen molar-refractivity contribution in [3.8, 4) is 0 Å². The smallest absolute Gasteiger partial charge is 0.253 e. The van der Waals surface area contributed by atoms with Gasteiger partial charge in [-0.15, -0.1) is 0 Å². The van der Waals surface area contributed by atoms with Gasteiger partial charge in [0.2, 0.25) is 0 Å². The van der Waals surface area contributed by atoms with E-state index in [9.17, 15) is 9.18 Å². The van der Waals surface area contributed by atoms with Gasteiger partial charge in [0.05, 0.1) is 5.02 Å². The fourth-order valence-corrected chi connectivity index (χ4v) is 3.76. The molecule has 0 saturated heterocycles. The Morgan fingerprint density at radius 3 is 2.54 bits per heavy atom. The van der Waals surface area contributed by atoms with E-state index in [2.05, 4.69) is 15.6 Å². The quantitative estimate of drug-likeness (QED) is 0.706. The van der Waals surface area contributed by atoms with Crippen LogP contribution in [-0.2, 0) is 0 Å². The zero-order valence-electron chi connectivity index (χ0n) is 16.5. The maximum atomic E-state index is 13.4. The Labute approximate surface area is 170 Å². The first-order valence-electron chi connectivity index (χ1n) is 9.50. The normalized spacial score (nSPS) is 15.8. The molecule has 0 bridgehead atoms. The lowest BCUT2D eigenvalue weighted by Gasteiger charge is -2.39. The lowest BCUT2D eigenvalue weighted by Crippen LogP contribution is -2.55. The molecule has 0 spiro atoms. The van der Waals surface area contributed by atoms with E-state index in [4.69, 9.17) is 11.6 Å². The fourth-order valence-electron chi connectivity index (χ4n) is 3.58. The molecule has 1 aromatic heterocycles. The largest absolute Gasteiger partial charge is 0.377 e. The highest BCUT2D eigenvalue weighted by molar-refractivity contribution is 6.31. The van der Waals surface area contributed by atoms with Crippen LogP contribution in [0.2, 0.25) is 5.02 Å². The van der Waals surface area contributed by atoms with E-state index in [1.807, 2.05) is 38.1 Å². The minimum atomic E-state index is -0.597. The van der Waals surface area contributed by atoms with Crippen molar-refractivity contribution >= 4 is 29.0 Å². The van der Waals surface area contributed by atoms with Gasteiger partial charge < -0.3 is 15.5 Å². The number of anilines is 2. The summed E-state index contributed by atoms with van der Waals surface area (Å²) in [6.45, 7) is 1.95. The highest BCUT2D eigenvalue weighted by atomic mass is 35.5. The number of pyridine rings is 1. The van der Waals surface area contributed by atoms with Crippen molar-refractivity contribution in [3.05, 3.63) is 52.4 Å². The number of hydrogen-bond donors (Lipinski definition) is 2. The van der Waals surface area contributed by atoms with Gasteiger partial charge in [-0.05, 0) is 56.9 Å². The second kappa shape index (κ2) is 8.35. The predicted octanol–water partition coefficient (Wildman–Crippen LogP) is 4.75. The van der Waals surface area contributed by atoms with E-state index < -0.39 is 11.5 Å². The Bertz CT molecular complexity index is 865. The van der Waals surface area contributed by atoms with Crippen molar-refractivity contribution in [2.45, 2.75) is 44.7 Å². The lowest BCUT2D eigenvalue weighted by molar-refractivity contribution is 0.0888. The molecule has 2 aromatic rings. The standard InChI is InChI=1S/C21H26ClFN4O/c1-14-11-16(27(2)3)13-19(24-14)25-21(9-5-4-6-10-21)26-20(28)15-7-8-18(23)17(22)12-15/h7-8,11-13H,4-6,9-10H2,1-3H3,(H,24,25)(H,26,28). The molecule has 1 amide bonds. The molecule has 0 radical (unpaired) electrons. The van der Waals surface area contributed by atoms with Crippen LogP contribution in [0.5, 0.6) is 0 Å². The molecule has 5 nitrogen and oxygen atoms in total. The number of nitrogens with one attached hydrogen (secondary N) is 2. The first kappa shape index (κ1) is 20.4. The molecule has 7 heteroatoms. The van der Waals surface area contributed by atoms with Crippen LogP contribution in [0.25, 0.3) is 0 Å². The highest BCUT2D eigenvalue weighted by Crippen LogP contribution is 2.31. The van der Waals surface area contributed by atoms with Gasteiger partial charge in [0, 0.05) is 37.1 Å². The first-order chi connectivity index (χ1) is 13.3.